The second-order valence-corrected chi connectivity index (χ2v) is 7.40. The third-order valence-electron chi connectivity index (χ3n) is 2.89. The lowest BCUT2D eigenvalue weighted by molar-refractivity contribution is -0.132. The normalized spacial score (nSPS) is 13.5. The van der Waals surface area contributed by atoms with Gasteiger partial charge in [0.15, 0.2) is 0 Å². The molecule has 0 saturated carbocycles. The average molecular weight is 308 g/mol. The maximum absolute atomic E-state index is 12.3. The molecule has 0 saturated heterocycles. The Kier molecular flexibility index (Phi) is 9.00. The van der Waals surface area contributed by atoms with Gasteiger partial charge < -0.3 is 10.0 Å². The van der Waals surface area contributed by atoms with Crippen molar-refractivity contribution in [3.63, 3.8) is 0 Å². The minimum absolute atomic E-state index is 0.156. The molecule has 20 heavy (non-hydrogen) atoms. The predicted molar refractivity (Wildman–Crippen MR) is 79.8 cm³/mol. The van der Waals surface area contributed by atoms with Crippen LogP contribution in [0, 0.1) is 5.92 Å². The topological polar surface area (TPSA) is 86.7 Å². The van der Waals surface area contributed by atoms with Crippen LogP contribution in [0.4, 0.5) is 0 Å². The van der Waals surface area contributed by atoms with E-state index in [9.17, 15) is 13.2 Å². The summed E-state index contributed by atoms with van der Waals surface area (Å²) in [5.41, 5.74) is 0. The minimum Gasteiger partial charge on any atom is -0.396 e. The predicted octanol–water partition coefficient (Wildman–Crippen LogP) is 0.571. The molecular weight excluding hydrogens is 280 g/mol. The van der Waals surface area contributed by atoms with E-state index in [2.05, 4.69) is 4.72 Å². The van der Waals surface area contributed by atoms with E-state index in [1.807, 2.05) is 13.8 Å². The van der Waals surface area contributed by atoms with Crippen LogP contribution in [0.5, 0.6) is 0 Å². The van der Waals surface area contributed by atoms with Gasteiger partial charge in [-0.1, -0.05) is 13.8 Å². The summed E-state index contributed by atoms with van der Waals surface area (Å²) in [5.74, 6) is 0.0223. The van der Waals surface area contributed by atoms with Gasteiger partial charge in [-0.25, -0.2) is 13.1 Å². The SMILES string of the molecule is CC(C)CC(NS(C)(=O)=O)C(=O)N(C)CCCCCO. The van der Waals surface area contributed by atoms with Crippen molar-refractivity contribution in [2.45, 2.75) is 45.6 Å². The molecule has 0 aliphatic heterocycles. The molecule has 0 aromatic carbocycles. The van der Waals surface area contributed by atoms with Crippen molar-refractivity contribution in [3.8, 4) is 0 Å². The molecular formula is C13H28N2O4S. The first-order chi connectivity index (χ1) is 9.17. The number of unbranched alkanes of at least 4 members (excludes halogenated alkanes) is 2. The van der Waals surface area contributed by atoms with Crippen molar-refractivity contribution in [2.75, 3.05) is 26.5 Å². The molecule has 1 amide bonds. The molecule has 1 unspecified atom stereocenters. The Morgan fingerprint density at radius 1 is 1.25 bits per heavy atom. The van der Waals surface area contributed by atoms with Crippen LogP contribution >= 0.6 is 0 Å². The van der Waals surface area contributed by atoms with E-state index < -0.39 is 16.1 Å². The second kappa shape index (κ2) is 9.31. The zero-order valence-corrected chi connectivity index (χ0v) is 13.7. The summed E-state index contributed by atoms with van der Waals surface area (Å²) in [6, 6.07) is -0.701. The average Bonchev–Trinajstić information content (AvgIpc) is 2.30. The van der Waals surface area contributed by atoms with Crippen LogP contribution in [0.15, 0.2) is 0 Å². The van der Waals surface area contributed by atoms with Crippen LogP contribution in [-0.2, 0) is 14.8 Å². The Bertz CT molecular complexity index is 382. The van der Waals surface area contributed by atoms with Crippen molar-refractivity contribution in [1.29, 1.82) is 0 Å². The number of carbonyl (C=O) groups is 1. The van der Waals surface area contributed by atoms with Gasteiger partial charge >= 0.3 is 0 Å². The molecule has 0 bridgehead atoms. The number of carbonyl (C=O) groups excluding carboxylic acids is 1. The van der Waals surface area contributed by atoms with Crippen LogP contribution in [-0.4, -0.2) is 56.8 Å². The fraction of sp³-hybridized carbons (Fsp3) is 0.923. The van der Waals surface area contributed by atoms with Crippen molar-refractivity contribution in [1.82, 2.24) is 9.62 Å². The summed E-state index contributed by atoms with van der Waals surface area (Å²) >= 11 is 0. The number of hydrogen-bond donors (Lipinski definition) is 2. The lowest BCUT2D eigenvalue weighted by Gasteiger charge is -2.25. The highest BCUT2D eigenvalue weighted by Gasteiger charge is 2.25. The molecule has 0 rings (SSSR count). The van der Waals surface area contributed by atoms with E-state index >= 15 is 0 Å². The molecule has 120 valence electrons. The standard InChI is InChI=1S/C13H28N2O4S/c1-11(2)10-12(14-20(4,18)19)13(17)15(3)8-6-5-7-9-16/h11-12,14,16H,5-10H2,1-4H3. The first-order valence-electron chi connectivity index (χ1n) is 7.00. The van der Waals surface area contributed by atoms with Crippen LogP contribution < -0.4 is 4.72 Å². The molecule has 0 aromatic heterocycles. The number of amides is 1. The van der Waals surface area contributed by atoms with Crippen LogP contribution in [0.2, 0.25) is 0 Å². The van der Waals surface area contributed by atoms with Crippen molar-refractivity contribution >= 4 is 15.9 Å². The first-order valence-corrected chi connectivity index (χ1v) is 8.89. The summed E-state index contributed by atoms with van der Waals surface area (Å²) in [6.45, 7) is 4.62. The quantitative estimate of drug-likeness (QED) is 0.578. The van der Waals surface area contributed by atoms with Gasteiger partial charge in [-0.15, -0.1) is 0 Å². The molecule has 0 heterocycles. The fourth-order valence-corrected chi connectivity index (χ4v) is 2.66. The Morgan fingerprint density at radius 2 is 1.85 bits per heavy atom. The maximum Gasteiger partial charge on any atom is 0.240 e. The number of nitrogens with one attached hydrogen (secondary N) is 1. The summed E-state index contributed by atoms with van der Waals surface area (Å²) in [5, 5.41) is 8.70. The van der Waals surface area contributed by atoms with Gasteiger partial charge in [0.1, 0.15) is 6.04 Å². The van der Waals surface area contributed by atoms with E-state index in [-0.39, 0.29) is 18.4 Å². The van der Waals surface area contributed by atoms with Crippen molar-refractivity contribution < 1.29 is 18.3 Å². The van der Waals surface area contributed by atoms with E-state index in [0.29, 0.717) is 13.0 Å². The van der Waals surface area contributed by atoms with Gasteiger partial charge in [-0.3, -0.25) is 4.79 Å². The number of sulfonamides is 1. The summed E-state index contributed by atoms with van der Waals surface area (Å²) in [6.07, 6.45) is 3.92. The van der Waals surface area contributed by atoms with E-state index in [1.165, 1.54) is 0 Å². The number of aliphatic hydroxyl groups excluding tert-OH is 1. The Labute approximate surface area is 122 Å². The fourth-order valence-electron chi connectivity index (χ4n) is 1.94. The van der Waals surface area contributed by atoms with Crippen LogP contribution in [0.1, 0.15) is 39.5 Å². The Balaban J connectivity index is 4.52. The van der Waals surface area contributed by atoms with Crippen molar-refractivity contribution in [2.24, 2.45) is 5.92 Å². The molecule has 2 N–H and O–H groups in total. The lowest BCUT2D eigenvalue weighted by Crippen LogP contribution is -2.47. The Morgan fingerprint density at radius 3 is 2.30 bits per heavy atom. The smallest absolute Gasteiger partial charge is 0.240 e. The molecule has 0 aliphatic rings. The van der Waals surface area contributed by atoms with Crippen LogP contribution in [0.25, 0.3) is 0 Å². The van der Waals surface area contributed by atoms with Gasteiger partial charge in [0, 0.05) is 20.2 Å². The summed E-state index contributed by atoms with van der Waals surface area (Å²) in [7, 11) is -1.73. The molecule has 6 nitrogen and oxygen atoms in total. The van der Waals surface area contributed by atoms with E-state index in [0.717, 1.165) is 25.5 Å². The zero-order valence-electron chi connectivity index (χ0n) is 12.9. The number of hydrogen-bond acceptors (Lipinski definition) is 4. The van der Waals surface area contributed by atoms with E-state index in [1.54, 1.807) is 11.9 Å². The largest absolute Gasteiger partial charge is 0.396 e. The third kappa shape index (κ3) is 9.28. The van der Waals surface area contributed by atoms with Gasteiger partial charge in [0.2, 0.25) is 15.9 Å². The molecule has 0 spiro atoms. The number of rotatable bonds is 10. The van der Waals surface area contributed by atoms with Gasteiger partial charge in [-0.05, 0) is 31.6 Å². The second-order valence-electron chi connectivity index (χ2n) is 5.62. The van der Waals surface area contributed by atoms with E-state index in [4.69, 9.17) is 5.11 Å². The van der Waals surface area contributed by atoms with Crippen molar-refractivity contribution in [3.05, 3.63) is 0 Å². The monoisotopic (exact) mass is 308 g/mol. The molecule has 1 atom stereocenters. The molecule has 0 aromatic rings. The third-order valence-corrected chi connectivity index (χ3v) is 3.60. The highest BCUT2D eigenvalue weighted by Crippen LogP contribution is 2.09. The minimum atomic E-state index is -3.41. The lowest BCUT2D eigenvalue weighted by atomic mass is 10.0. The maximum atomic E-state index is 12.3. The summed E-state index contributed by atoms with van der Waals surface area (Å²) in [4.78, 5) is 13.8. The molecule has 0 radical (unpaired) electrons. The first kappa shape index (κ1) is 19.3. The van der Waals surface area contributed by atoms with Gasteiger partial charge in [0.05, 0.1) is 6.26 Å². The highest BCUT2D eigenvalue weighted by molar-refractivity contribution is 7.88. The Hall–Kier alpha value is -0.660. The molecule has 7 heteroatoms. The molecule has 0 fully saturated rings. The van der Waals surface area contributed by atoms with Gasteiger partial charge in [0.25, 0.3) is 0 Å². The summed E-state index contributed by atoms with van der Waals surface area (Å²) < 4.78 is 25.1. The number of likely N-dealkylation sites (N-methyl/N-ethyl adjacent to an activating group) is 1. The highest BCUT2D eigenvalue weighted by atomic mass is 32.2. The van der Waals surface area contributed by atoms with Crippen LogP contribution in [0.3, 0.4) is 0 Å². The molecule has 0 aliphatic carbocycles. The zero-order chi connectivity index (χ0) is 15.8. The number of nitrogens with zero attached hydrogens (tertiary/aromatic N) is 1. The van der Waals surface area contributed by atoms with Gasteiger partial charge in [-0.2, -0.15) is 0 Å². The number of aliphatic hydroxyl groups is 1.